The molecule has 0 unspecified atom stereocenters. The van der Waals surface area contributed by atoms with Crippen molar-refractivity contribution in [3.63, 3.8) is 0 Å². The summed E-state index contributed by atoms with van der Waals surface area (Å²) in [5.41, 5.74) is 0.439. The molecule has 1 saturated heterocycles. The summed E-state index contributed by atoms with van der Waals surface area (Å²) in [4.78, 5) is 18.8. The van der Waals surface area contributed by atoms with Crippen molar-refractivity contribution in [1.29, 1.82) is 0 Å². The number of benzene rings is 1. The summed E-state index contributed by atoms with van der Waals surface area (Å²) in [5.74, 6) is 0.686. The van der Waals surface area contributed by atoms with Gasteiger partial charge in [-0.3, -0.25) is 4.79 Å². The van der Waals surface area contributed by atoms with Crippen LogP contribution >= 0.6 is 0 Å². The highest BCUT2D eigenvalue weighted by molar-refractivity contribution is 7.89. The molecule has 0 bridgehead atoms. The Hall–Kier alpha value is -2.45. The van der Waals surface area contributed by atoms with Gasteiger partial charge < -0.3 is 10.2 Å². The van der Waals surface area contributed by atoms with E-state index in [1.807, 2.05) is 18.2 Å². The van der Waals surface area contributed by atoms with Crippen LogP contribution < -0.4 is 10.2 Å². The van der Waals surface area contributed by atoms with Crippen LogP contribution in [0.15, 0.2) is 53.6 Å². The Bertz CT molecular complexity index is 845. The van der Waals surface area contributed by atoms with Crippen molar-refractivity contribution >= 4 is 21.7 Å². The first-order valence-electron chi connectivity index (χ1n) is 7.87. The van der Waals surface area contributed by atoms with Gasteiger partial charge in [-0.1, -0.05) is 6.07 Å². The summed E-state index contributed by atoms with van der Waals surface area (Å²) in [7, 11) is -0.542. The Balaban J connectivity index is 1.58. The summed E-state index contributed by atoms with van der Waals surface area (Å²) in [6, 6.07) is 11.7. The topological polar surface area (TPSA) is 82.6 Å². The highest BCUT2D eigenvalue weighted by Crippen LogP contribution is 2.18. The molecule has 1 aromatic heterocycles. The van der Waals surface area contributed by atoms with Crippen LogP contribution in [0.5, 0.6) is 0 Å². The number of sulfonamides is 1. The lowest BCUT2D eigenvalue weighted by Crippen LogP contribution is -2.59. The van der Waals surface area contributed by atoms with Gasteiger partial charge in [0.25, 0.3) is 5.91 Å². The van der Waals surface area contributed by atoms with Gasteiger partial charge in [0.2, 0.25) is 10.0 Å². The zero-order valence-electron chi connectivity index (χ0n) is 14.1. The number of rotatable bonds is 5. The monoisotopic (exact) mass is 360 g/mol. The summed E-state index contributed by atoms with van der Waals surface area (Å²) in [6.07, 6.45) is 1.74. The van der Waals surface area contributed by atoms with Gasteiger partial charge in [-0.05, 0) is 36.4 Å². The van der Waals surface area contributed by atoms with Crippen molar-refractivity contribution in [2.45, 2.75) is 10.9 Å². The smallest absolute Gasteiger partial charge is 0.251 e. The standard InChI is InChI=1S/C17H20N4O3S/c1-20(2)25(23,24)15-8-6-13(7-9-15)17(22)19-14-11-21(12-14)16-5-3-4-10-18-16/h3-10,14H,11-12H2,1-2H3,(H,19,22). The lowest BCUT2D eigenvalue weighted by molar-refractivity contribution is 0.0930. The molecule has 1 amide bonds. The van der Waals surface area contributed by atoms with Crippen molar-refractivity contribution in [2.24, 2.45) is 0 Å². The number of carbonyl (C=O) groups excluding carboxylic acids is 1. The molecule has 0 saturated carbocycles. The van der Waals surface area contributed by atoms with Gasteiger partial charge in [-0.15, -0.1) is 0 Å². The van der Waals surface area contributed by atoms with Gasteiger partial charge in [0.15, 0.2) is 0 Å². The summed E-state index contributed by atoms with van der Waals surface area (Å²) < 4.78 is 25.2. The first kappa shape index (κ1) is 17.4. The number of carbonyl (C=O) groups is 1. The largest absolute Gasteiger partial charge is 0.352 e. The third-order valence-corrected chi connectivity index (χ3v) is 5.91. The minimum absolute atomic E-state index is 0.0553. The van der Waals surface area contributed by atoms with E-state index < -0.39 is 10.0 Å². The number of pyridine rings is 1. The van der Waals surface area contributed by atoms with Gasteiger partial charge in [0.1, 0.15) is 5.82 Å². The van der Waals surface area contributed by atoms with Crippen LogP contribution in [-0.4, -0.2) is 56.8 Å². The molecule has 8 heteroatoms. The number of nitrogens with one attached hydrogen (secondary N) is 1. The number of hydrogen-bond donors (Lipinski definition) is 1. The Morgan fingerprint density at radius 3 is 2.40 bits per heavy atom. The molecule has 0 radical (unpaired) electrons. The van der Waals surface area contributed by atoms with Crippen LogP contribution in [0.25, 0.3) is 0 Å². The normalized spacial score (nSPS) is 15.1. The fourth-order valence-electron chi connectivity index (χ4n) is 2.56. The molecule has 1 aliphatic rings. The summed E-state index contributed by atoms with van der Waals surface area (Å²) in [5, 5.41) is 2.95. The second kappa shape index (κ2) is 6.81. The van der Waals surface area contributed by atoms with Crippen molar-refractivity contribution in [3.05, 3.63) is 54.2 Å². The van der Waals surface area contributed by atoms with Gasteiger partial charge in [-0.25, -0.2) is 17.7 Å². The van der Waals surface area contributed by atoms with E-state index in [0.29, 0.717) is 18.7 Å². The van der Waals surface area contributed by atoms with Crippen LogP contribution in [0.4, 0.5) is 5.82 Å². The highest BCUT2D eigenvalue weighted by Gasteiger charge is 2.29. The average molecular weight is 360 g/mol. The third kappa shape index (κ3) is 3.64. The third-order valence-electron chi connectivity index (χ3n) is 4.09. The van der Waals surface area contributed by atoms with E-state index >= 15 is 0 Å². The Labute approximate surface area is 147 Å². The number of hydrogen-bond acceptors (Lipinski definition) is 5. The fourth-order valence-corrected chi connectivity index (χ4v) is 3.46. The number of aromatic nitrogens is 1. The maximum absolute atomic E-state index is 12.3. The van der Waals surface area contributed by atoms with Crippen LogP contribution in [0, 0.1) is 0 Å². The zero-order valence-corrected chi connectivity index (χ0v) is 14.9. The number of nitrogens with zero attached hydrogens (tertiary/aromatic N) is 3. The van der Waals surface area contributed by atoms with E-state index in [4.69, 9.17) is 0 Å². The molecular weight excluding hydrogens is 340 g/mol. The maximum Gasteiger partial charge on any atom is 0.251 e. The van der Waals surface area contributed by atoms with Crippen molar-refractivity contribution in [2.75, 3.05) is 32.1 Å². The van der Waals surface area contributed by atoms with Crippen molar-refractivity contribution in [1.82, 2.24) is 14.6 Å². The van der Waals surface area contributed by atoms with E-state index in [-0.39, 0.29) is 16.8 Å². The molecule has 0 aliphatic carbocycles. The van der Waals surface area contributed by atoms with Gasteiger partial charge in [-0.2, -0.15) is 0 Å². The fraction of sp³-hybridized carbons (Fsp3) is 0.294. The van der Waals surface area contributed by atoms with Crippen molar-refractivity contribution in [3.8, 4) is 0 Å². The molecule has 0 atom stereocenters. The first-order chi connectivity index (χ1) is 11.9. The summed E-state index contributed by atoms with van der Waals surface area (Å²) >= 11 is 0. The van der Waals surface area contributed by atoms with Crippen LogP contribution in [-0.2, 0) is 10.0 Å². The van der Waals surface area contributed by atoms with Gasteiger partial charge in [0, 0.05) is 38.9 Å². The average Bonchev–Trinajstić information content (AvgIpc) is 2.58. The molecule has 1 aromatic carbocycles. The van der Waals surface area contributed by atoms with Crippen LogP contribution in [0.3, 0.4) is 0 Å². The maximum atomic E-state index is 12.3. The number of amides is 1. The predicted octanol–water partition coefficient (Wildman–Crippen LogP) is 0.950. The van der Waals surface area contributed by atoms with E-state index in [1.165, 1.54) is 38.4 Å². The molecule has 0 spiro atoms. The minimum Gasteiger partial charge on any atom is -0.352 e. The first-order valence-corrected chi connectivity index (χ1v) is 9.31. The van der Waals surface area contributed by atoms with Crippen LogP contribution in [0.1, 0.15) is 10.4 Å². The lowest BCUT2D eigenvalue weighted by atomic mass is 10.1. The Morgan fingerprint density at radius 2 is 1.84 bits per heavy atom. The van der Waals surface area contributed by atoms with E-state index in [9.17, 15) is 13.2 Å². The molecule has 7 nitrogen and oxygen atoms in total. The molecule has 1 N–H and O–H groups in total. The molecule has 3 rings (SSSR count). The second-order valence-corrected chi connectivity index (χ2v) is 8.23. The SMILES string of the molecule is CN(C)S(=O)(=O)c1ccc(C(=O)NC2CN(c3ccccn3)C2)cc1. The van der Waals surface area contributed by atoms with E-state index in [0.717, 1.165) is 10.1 Å². The zero-order chi connectivity index (χ0) is 18.0. The number of anilines is 1. The Morgan fingerprint density at radius 1 is 1.16 bits per heavy atom. The van der Waals surface area contributed by atoms with Crippen molar-refractivity contribution < 1.29 is 13.2 Å². The van der Waals surface area contributed by atoms with Crippen LogP contribution in [0.2, 0.25) is 0 Å². The van der Waals surface area contributed by atoms with E-state index in [1.54, 1.807) is 6.20 Å². The molecule has 2 heterocycles. The molecule has 1 aliphatic heterocycles. The minimum atomic E-state index is -3.49. The molecular formula is C17H20N4O3S. The quantitative estimate of drug-likeness (QED) is 0.858. The van der Waals surface area contributed by atoms with E-state index in [2.05, 4.69) is 15.2 Å². The highest BCUT2D eigenvalue weighted by atomic mass is 32.2. The molecule has 25 heavy (non-hydrogen) atoms. The molecule has 1 fully saturated rings. The predicted molar refractivity (Wildman–Crippen MR) is 95.0 cm³/mol. The van der Waals surface area contributed by atoms with Gasteiger partial charge >= 0.3 is 0 Å². The second-order valence-electron chi connectivity index (χ2n) is 6.08. The summed E-state index contributed by atoms with van der Waals surface area (Å²) in [6.45, 7) is 1.41. The molecule has 132 valence electrons. The van der Waals surface area contributed by atoms with Gasteiger partial charge in [0.05, 0.1) is 10.9 Å². The molecule has 2 aromatic rings. The Kier molecular flexibility index (Phi) is 4.73. The lowest BCUT2D eigenvalue weighted by Gasteiger charge is -2.40.